The Morgan fingerprint density at radius 1 is 1.33 bits per heavy atom. The molecule has 4 N–H and O–H groups in total. The van der Waals surface area contributed by atoms with Gasteiger partial charge in [-0.2, -0.15) is 5.10 Å². The van der Waals surface area contributed by atoms with Gasteiger partial charge < -0.3 is 4.74 Å². The number of hydrogen-bond acceptors (Lipinski definition) is 5. The number of amides is 1. The van der Waals surface area contributed by atoms with Crippen molar-refractivity contribution in [2.45, 2.75) is 13.8 Å². The normalized spacial score (nSPS) is 10.9. The van der Waals surface area contributed by atoms with Gasteiger partial charge in [-0.15, -0.1) is 0 Å². The Balaban J connectivity index is 2.24. The summed E-state index contributed by atoms with van der Waals surface area (Å²) in [6.45, 7) is 3.64. The van der Waals surface area contributed by atoms with Crippen molar-refractivity contribution in [3.05, 3.63) is 40.8 Å². The van der Waals surface area contributed by atoms with E-state index >= 15 is 0 Å². The van der Waals surface area contributed by atoms with Crippen LogP contribution >= 0.6 is 0 Å². The van der Waals surface area contributed by atoms with Gasteiger partial charge in [0.1, 0.15) is 17.3 Å². The summed E-state index contributed by atoms with van der Waals surface area (Å²) in [5, 5.41) is 7.23. The Kier molecular flexibility index (Phi) is 3.90. The number of H-pyrrole nitrogens is 1. The van der Waals surface area contributed by atoms with Gasteiger partial charge in [-0.1, -0.05) is 0 Å². The van der Waals surface area contributed by atoms with Gasteiger partial charge in [0.05, 0.1) is 18.2 Å². The predicted molar refractivity (Wildman–Crippen MR) is 87.0 cm³/mol. The molecule has 3 rings (SSSR count). The molecule has 0 aliphatic heterocycles. The molecule has 0 unspecified atom stereocenters. The van der Waals surface area contributed by atoms with Crippen LogP contribution < -0.4 is 16.0 Å². The summed E-state index contributed by atoms with van der Waals surface area (Å²) in [6, 6.07) is 4.57. The SMILES string of the molecule is COc1ccc(-c2nc3n[nH]c(C(=O)NN)c3c(C)c2C)c(F)c1. The second-order valence-electron chi connectivity index (χ2n) is 5.33. The minimum Gasteiger partial charge on any atom is -0.497 e. The average Bonchev–Trinajstić information content (AvgIpc) is 3.01. The maximum absolute atomic E-state index is 14.4. The lowest BCUT2D eigenvalue weighted by Gasteiger charge is -2.11. The van der Waals surface area contributed by atoms with Crippen molar-refractivity contribution >= 4 is 16.9 Å². The highest BCUT2D eigenvalue weighted by Gasteiger charge is 2.20. The van der Waals surface area contributed by atoms with Crippen LogP contribution in [-0.4, -0.2) is 28.2 Å². The molecule has 0 atom stereocenters. The first-order valence-corrected chi connectivity index (χ1v) is 7.18. The van der Waals surface area contributed by atoms with E-state index in [0.717, 1.165) is 11.1 Å². The summed E-state index contributed by atoms with van der Waals surface area (Å²) < 4.78 is 19.4. The number of aromatic amines is 1. The molecule has 0 bridgehead atoms. The molecular formula is C16H16FN5O2. The number of halogens is 1. The summed E-state index contributed by atoms with van der Waals surface area (Å²) in [4.78, 5) is 16.2. The molecule has 0 saturated heterocycles. The quantitative estimate of drug-likeness (QED) is 0.387. The average molecular weight is 329 g/mol. The third-order valence-electron chi connectivity index (χ3n) is 4.05. The standard InChI is InChI=1S/C16H16FN5O2/c1-7-8(2)13(10-5-4-9(24-3)6-11(10)17)19-15-12(7)14(21-22-15)16(23)20-18/h4-6H,18H2,1-3H3,(H,20,23)(H,19,21,22). The molecule has 0 fully saturated rings. The Labute approximate surface area is 137 Å². The summed E-state index contributed by atoms with van der Waals surface area (Å²) >= 11 is 0. The number of hydrazine groups is 1. The fraction of sp³-hybridized carbons (Fsp3) is 0.188. The van der Waals surface area contributed by atoms with Gasteiger partial charge in [-0.25, -0.2) is 15.2 Å². The zero-order valence-electron chi connectivity index (χ0n) is 13.4. The molecule has 124 valence electrons. The monoisotopic (exact) mass is 329 g/mol. The van der Waals surface area contributed by atoms with E-state index in [0.29, 0.717) is 28.0 Å². The van der Waals surface area contributed by atoms with Crippen LogP contribution in [0.4, 0.5) is 4.39 Å². The number of carbonyl (C=O) groups is 1. The highest BCUT2D eigenvalue weighted by Crippen LogP contribution is 2.32. The summed E-state index contributed by atoms with van der Waals surface area (Å²) in [5.41, 5.74) is 4.94. The van der Waals surface area contributed by atoms with Crippen molar-refractivity contribution in [1.82, 2.24) is 20.6 Å². The third-order valence-corrected chi connectivity index (χ3v) is 4.05. The van der Waals surface area contributed by atoms with Gasteiger partial charge in [-0.05, 0) is 37.1 Å². The first-order valence-electron chi connectivity index (χ1n) is 7.18. The predicted octanol–water partition coefficient (Wildman–Crippen LogP) is 1.99. The third kappa shape index (κ3) is 2.37. The molecule has 1 aromatic carbocycles. The second kappa shape index (κ2) is 5.89. The number of pyridine rings is 1. The first kappa shape index (κ1) is 15.9. The van der Waals surface area contributed by atoms with Crippen LogP contribution in [0, 0.1) is 19.7 Å². The van der Waals surface area contributed by atoms with Gasteiger partial charge in [0.25, 0.3) is 5.91 Å². The Morgan fingerprint density at radius 3 is 2.71 bits per heavy atom. The number of nitrogen functional groups attached to an aromatic ring is 1. The smallest absolute Gasteiger partial charge is 0.283 e. The lowest BCUT2D eigenvalue weighted by atomic mass is 9.99. The fourth-order valence-corrected chi connectivity index (χ4v) is 2.64. The molecule has 3 aromatic rings. The molecule has 2 aromatic heterocycles. The zero-order valence-corrected chi connectivity index (χ0v) is 13.4. The van der Waals surface area contributed by atoms with Crippen LogP contribution in [0.5, 0.6) is 5.75 Å². The van der Waals surface area contributed by atoms with Gasteiger partial charge >= 0.3 is 0 Å². The molecule has 8 heteroatoms. The fourth-order valence-electron chi connectivity index (χ4n) is 2.64. The van der Waals surface area contributed by atoms with Crippen molar-refractivity contribution in [2.75, 3.05) is 7.11 Å². The van der Waals surface area contributed by atoms with E-state index in [9.17, 15) is 9.18 Å². The van der Waals surface area contributed by atoms with E-state index in [1.807, 2.05) is 13.8 Å². The van der Waals surface area contributed by atoms with E-state index in [-0.39, 0.29) is 5.69 Å². The number of hydrogen-bond donors (Lipinski definition) is 3. The topological polar surface area (TPSA) is 106 Å². The lowest BCUT2D eigenvalue weighted by Crippen LogP contribution is -2.30. The summed E-state index contributed by atoms with van der Waals surface area (Å²) in [7, 11) is 1.47. The molecule has 0 spiro atoms. The number of fused-ring (bicyclic) bond motifs is 1. The van der Waals surface area contributed by atoms with Gasteiger partial charge in [0.2, 0.25) is 0 Å². The maximum Gasteiger partial charge on any atom is 0.283 e. The van der Waals surface area contributed by atoms with Crippen LogP contribution in [0.3, 0.4) is 0 Å². The highest BCUT2D eigenvalue weighted by molar-refractivity contribution is 6.05. The van der Waals surface area contributed by atoms with Crippen LogP contribution in [0.1, 0.15) is 21.6 Å². The van der Waals surface area contributed by atoms with Crippen LogP contribution in [0.2, 0.25) is 0 Å². The van der Waals surface area contributed by atoms with Crippen LogP contribution in [-0.2, 0) is 0 Å². The molecule has 7 nitrogen and oxygen atoms in total. The Hall–Kier alpha value is -3.00. The van der Waals surface area contributed by atoms with E-state index < -0.39 is 11.7 Å². The number of ether oxygens (including phenoxy) is 1. The van der Waals surface area contributed by atoms with Crippen molar-refractivity contribution in [1.29, 1.82) is 0 Å². The van der Waals surface area contributed by atoms with Crippen molar-refractivity contribution in [3.63, 3.8) is 0 Å². The van der Waals surface area contributed by atoms with Gasteiger partial charge in [-0.3, -0.25) is 15.3 Å². The second-order valence-corrected chi connectivity index (χ2v) is 5.33. The molecule has 0 aliphatic rings. The molecule has 0 radical (unpaired) electrons. The Bertz CT molecular complexity index is 951. The molecule has 24 heavy (non-hydrogen) atoms. The molecule has 2 heterocycles. The number of methoxy groups -OCH3 is 1. The van der Waals surface area contributed by atoms with E-state index in [1.54, 1.807) is 12.1 Å². The minimum absolute atomic E-state index is 0.224. The number of rotatable bonds is 3. The van der Waals surface area contributed by atoms with Crippen molar-refractivity contribution in [3.8, 4) is 17.0 Å². The summed E-state index contributed by atoms with van der Waals surface area (Å²) in [5.74, 6) is 4.67. The number of nitrogens with two attached hydrogens (primary N) is 1. The van der Waals surface area contributed by atoms with Gasteiger partial charge in [0.15, 0.2) is 5.65 Å². The van der Waals surface area contributed by atoms with E-state index in [2.05, 4.69) is 20.6 Å². The molecule has 1 amide bonds. The number of benzene rings is 1. The van der Waals surface area contributed by atoms with E-state index in [1.165, 1.54) is 13.2 Å². The van der Waals surface area contributed by atoms with Crippen LogP contribution in [0.15, 0.2) is 18.2 Å². The maximum atomic E-state index is 14.4. The number of nitrogens with one attached hydrogen (secondary N) is 2. The lowest BCUT2D eigenvalue weighted by molar-refractivity contribution is 0.0950. The number of nitrogens with zero attached hydrogens (tertiary/aromatic N) is 2. The number of carbonyl (C=O) groups excluding carboxylic acids is 1. The molecule has 0 aliphatic carbocycles. The molecule has 0 saturated carbocycles. The highest BCUT2D eigenvalue weighted by atomic mass is 19.1. The molecular weight excluding hydrogens is 313 g/mol. The largest absolute Gasteiger partial charge is 0.497 e. The number of aryl methyl sites for hydroxylation is 1. The first-order chi connectivity index (χ1) is 11.5. The van der Waals surface area contributed by atoms with Gasteiger partial charge in [0, 0.05) is 11.6 Å². The zero-order chi connectivity index (χ0) is 17.4. The van der Waals surface area contributed by atoms with E-state index in [4.69, 9.17) is 10.6 Å². The van der Waals surface area contributed by atoms with Crippen molar-refractivity contribution in [2.24, 2.45) is 5.84 Å². The van der Waals surface area contributed by atoms with Crippen LogP contribution in [0.25, 0.3) is 22.3 Å². The minimum atomic E-state index is -0.495. The number of aromatic nitrogens is 3. The summed E-state index contributed by atoms with van der Waals surface area (Å²) in [6.07, 6.45) is 0. The van der Waals surface area contributed by atoms with Crippen molar-refractivity contribution < 1.29 is 13.9 Å². The Morgan fingerprint density at radius 2 is 2.08 bits per heavy atom.